The molecule has 0 spiro atoms. The Balaban J connectivity index is 1.45. The average Bonchev–Trinajstić information content (AvgIpc) is 3.16. The van der Waals surface area contributed by atoms with E-state index in [-0.39, 0.29) is 40.4 Å². The smallest absolute Gasteiger partial charge is 0.339 e. The molecule has 0 aliphatic carbocycles. The molecule has 8 nitrogen and oxygen atoms in total. The third kappa shape index (κ3) is 6.80. The van der Waals surface area contributed by atoms with Gasteiger partial charge in [0.25, 0.3) is 11.1 Å². The van der Waals surface area contributed by atoms with Crippen molar-refractivity contribution in [2.24, 2.45) is 0 Å². The second-order valence-corrected chi connectivity index (χ2v) is 12.3. The summed E-state index contributed by atoms with van der Waals surface area (Å²) in [6.45, 7) is 6.39. The molecule has 1 aliphatic rings. The first-order valence-electron chi connectivity index (χ1n) is 12.4. The number of amides is 2. The lowest BCUT2D eigenvalue weighted by molar-refractivity contribution is -0.123. The number of halogens is 1. The minimum Gasteiger partial charge on any atom is -0.493 e. The van der Waals surface area contributed by atoms with E-state index in [0.717, 1.165) is 33.5 Å². The van der Waals surface area contributed by atoms with Gasteiger partial charge in [-0.25, -0.2) is 0 Å². The third-order valence-electron chi connectivity index (χ3n) is 6.02. The molecule has 0 radical (unpaired) electrons. The molecule has 1 heterocycles. The Bertz CT molecular complexity index is 1570. The fraction of sp³-hybridized carbons (Fsp3) is 0.241. The van der Waals surface area contributed by atoms with Crippen LogP contribution in [0.25, 0.3) is 6.08 Å². The van der Waals surface area contributed by atoms with E-state index in [1.165, 1.54) is 43.5 Å². The van der Waals surface area contributed by atoms with E-state index < -0.39 is 21.3 Å². The van der Waals surface area contributed by atoms with Crippen molar-refractivity contribution < 1.29 is 31.7 Å². The minimum absolute atomic E-state index is 0.0308. The number of ether oxygens (including phenoxy) is 2. The largest absolute Gasteiger partial charge is 0.493 e. The van der Waals surface area contributed by atoms with E-state index in [0.29, 0.717) is 10.6 Å². The fourth-order valence-corrected chi connectivity index (χ4v) is 5.88. The minimum atomic E-state index is -4.14. The molecule has 0 N–H and O–H groups in total. The molecule has 3 aromatic rings. The molecule has 3 aromatic carbocycles. The van der Waals surface area contributed by atoms with Crippen LogP contribution in [-0.2, 0) is 14.9 Å². The zero-order chi connectivity index (χ0) is 29.0. The topological polar surface area (TPSA) is 99.2 Å². The Labute approximate surface area is 243 Å². The number of aryl methyl sites for hydroxylation is 1. The first-order valence-corrected chi connectivity index (χ1v) is 15.0. The number of hydrogen-bond donors (Lipinski definition) is 0. The zero-order valence-corrected chi connectivity index (χ0v) is 24.7. The summed E-state index contributed by atoms with van der Waals surface area (Å²) in [5.41, 5.74) is 2.64. The summed E-state index contributed by atoms with van der Waals surface area (Å²) in [7, 11) is -2.77. The Hall–Kier alpha value is -3.47. The Morgan fingerprint density at radius 3 is 2.38 bits per heavy atom. The molecule has 0 aromatic heterocycles. The van der Waals surface area contributed by atoms with E-state index in [2.05, 4.69) is 13.8 Å². The molecule has 0 saturated carbocycles. The maximum Gasteiger partial charge on any atom is 0.339 e. The number of benzene rings is 3. The van der Waals surface area contributed by atoms with Gasteiger partial charge in [0, 0.05) is 5.02 Å². The number of carbonyl (C=O) groups excluding carboxylic acids is 2. The van der Waals surface area contributed by atoms with Crippen LogP contribution in [0, 0.1) is 6.92 Å². The lowest BCUT2D eigenvalue weighted by atomic mass is 10.0. The van der Waals surface area contributed by atoms with Crippen LogP contribution in [0.5, 0.6) is 17.2 Å². The molecule has 210 valence electrons. The number of imide groups is 1. The first-order chi connectivity index (χ1) is 19.0. The molecule has 1 aliphatic heterocycles. The normalized spacial score (nSPS) is 14.8. The molecule has 1 saturated heterocycles. The molecule has 0 bridgehead atoms. The lowest BCUT2D eigenvalue weighted by Crippen LogP contribution is -2.32. The maximum atomic E-state index is 13.0. The Morgan fingerprint density at radius 1 is 0.975 bits per heavy atom. The summed E-state index contributed by atoms with van der Waals surface area (Å²) < 4.78 is 41.9. The molecule has 0 atom stereocenters. The van der Waals surface area contributed by atoms with Crippen molar-refractivity contribution in [3.8, 4) is 17.2 Å². The van der Waals surface area contributed by atoms with Crippen molar-refractivity contribution in [2.75, 3.05) is 20.3 Å². The van der Waals surface area contributed by atoms with Gasteiger partial charge < -0.3 is 13.7 Å². The van der Waals surface area contributed by atoms with E-state index in [1.807, 2.05) is 25.1 Å². The van der Waals surface area contributed by atoms with Crippen molar-refractivity contribution >= 4 is 50.7 Å². The predicted molar refractivity (Wildman–Crippen MR) is 156 cm³/mol. The van der Waals surface area contributed by atoms with Gasteiger partial charge in [-0.3, -0.25) is 14.5 Å². The number of methoxy groups -OCH3 is 1. The van der Waals surface area contributed by atoms with Gasteiger partial charge in [0.2, 0.25) is 0 Å². The number of carbonyl (C=O) groups is 2. The van der Waals surface area contributed by atoms with Crippen LogP contribution in [0.3, 0.4) is 0 Å². The Kier molecular flexibility index (Phi) is 9.12. The van der Waals surface area contributed by atoms with Crippen molar-refractivity contribution in [1.29, 1.82) is 0 Å². The van der Waals surface area contributed by atoms with Crippen LogP contribution in [0.1, 0.15) is 36.5 Å². The van der Waals surface area contributed by atoms with Crippen LogP contribution in [-0.4, -0.2) is 44.7 Å². The Morgan fingerprint density at radius 2 is 1.70 bits per heavy atom. The van der Waals surface area contributed by atoms with Crippen LogP contribution in [0.2, 0.25) is 5.02 Å². The van der Waals surface area contributed by atoms with E-state index in [1.54, 1.807) is 12.1 Å². The second-order valence-electron chi connectivity index (χ2n) is 9.28. The van der Waals surface area contributed by atoms with Gasteiger partial charge in [0.15, 0.2) is 11.5 Å². The van der Waals surface area contributed by atoms with Gasteiger partial charge in [0.1, 0.15) is 17.3 Å². The second kappa shape index (κ2) is 12.4. The van der Waals surface area contributed by atoms with E-state index >= 15 is 0 Å². The summed E-state index contributed by atoms with van der Waals surface area (Å²) in [6.07, 6.45) is 1.54. The van der Waals surface area contributed by atoms with E-state index in [9.17, 15) is 18.0 Å². The van der Waals surface area contributed by atoms with Crippen LogP contribution >= 0.6 is 23.4 Å². The molecular formula is C29H28ClNO7S2. The predicted octanol–water partition coefficient (Wildman–Crippen LogP) is 6.66. The summed E-state index contributed by atoms with van der Waals surface area (Å²) in [5.74, 6) is 0.679. The van der Waals surface area contributed by atoms with Crippen LogP contribution in [0.4, 0.5) is 4.79 Å². The van der Waals surface area contributed by atoms with Gasteiger partial charge in [-0.1, -0.05) is 43.6 Å². The highest BCUT2D eigenvalue weighted by Crippen LogP contribution is 2.36. The maximum absolute atomic E-state index is 13.0. The highest BCUT2D eigenvalue weighted by molar-refractivity contribution is 8.18. The van der Waals surface area contributed by atoms with Gasteiger partial charge in [-0.15, -0.1) is 0 Å². The number of nitrogens with zero attached hydrogens (tertiary/aromatic N) is 1. The standard InChI is InChI=1S/C29H28ClNO7S2/c1-18(2)23-11-5-19(3)15-25(23)37-14-13-31-28(32)27(39-29(31)33)17-20-6-12-24(26(16-20)36-4)38-40(34,35)22-9-7-21(30)8-10-22/h5-12,15-18H,13-14H2,1-4H3/b27-17-. The monoisotopic (exact) mass is 601 g/mol. The highest BCUT2D eigenvalue weighted by atomic mass is 35.5. The fourth-order valence-electron chi connectivity index (χ4n) is 3.94. The van der Waals surface area contributed by atoms with Gasteiger partial charge in [0.05, 0.1) is 18.6 Å². The zero-order valence-electron chi connectivity index (χ0n) is 22.3. The van der Waals surface area contributed by atoms with Gasteiger partial charge in [-0.05, 0) is 89.8 Å². The number of thioether (sulfide) groups is 1. The van der Waals surface area contributed by atoms with Crippen LogP contribution in [0.15, 0.2) is 70.5 Å². The summed E-state index contributed by atoms with van der Waals surface area (Å²) >= 11 is 6.66. The van der Waals surface area contributed by atoms with Crippen molar-refractivity contribution in [1.82, 2.24) is 4.90 Å². The van der Waals surface area contributed by atoms with Crippen molar-refractivity contribution in [3.63, 3.8) is 0 Å². The first kappa shape index (κ1) is 29.5. The van der Waals surface area contributed by atoms with Gasteiger partial charge >= 0.3 is 10.1 Å². The molecule has 11 heteroatoms. The average molecular weight is 602 g/mol. The summed E-state index contributed by atoms with van der Waals surface area (Å²) in [4.78, 5) is 26.9. The molecule has 0 unspecified atom stereocenters. The van der Waals surface area contributed by atoms with Crippen molar-refractivity contribution in [3.05, 3.63) is 87.3 Å². The SMILES string of the molecule is COc1cc(/C=C2\SC(=O)N(CCOc3cc(C)ccc3C(C)C)C2=O)ccc1OS(=O)(=O)c1ccc(Cl)cc1. The van der Waals surface area contributed by atoms with Crippen molar-refractivity contribution in [2.45, 2.75) is 31.6 Å². The summed E-state index contributed by atoms with van der Waals surface area (Å²) in [5, 5.41) is -0.00137. The van der Waals surface area contributed by atoms with E-state index in [4.69, 9.17) is 25.3 Å². The van der Waals surface area contributed by atoms with Gasteiger partial charge in [-0.2, -0.15) is 8.42 Å². The highest BCUT2D eigenvalue weighted by Gasteiger charge is 2.35. The summed E-state index contributed by atoms with van der Waals surface area (Å²) in [6, 6.07) is 16.1. The molecule has 1 fully saturated rings. The molecule has 40 heavy (non-hydrogen) atoms. The third-order valence-corrected chi connectivity index (χ3v) is 8.43. The quantitative estimate of drug-likeness (QED) is 0.188. The lowest BCUT2D eigenvalue weighted by Gasteiger charge is -2.17. The molecule has 4 rings (SSSR count). The number of hydrogen-bond acceptors (Lipinski definition) is 8. The number of rotatable bonds is 10. The van der Waals surface area contributed by atoms with Crippen LogP contribution < -0.4 is 13.7 Å². The molecular weight excluding hydrogens is 574 g/mol. The molecule has 2 amide bonds.